The number of nitrogens with zero attached hydrogens (tertiary/aromatic N) is 1. The van der Waals surface area contributed by atoms with Gasteiger partial charge in [-0.1, -0.05) is 65.2 Å². The maximum Gasteiger partial charge on any atom is 0.276 e. The third-order valence-corrected chi connectivity index (χ3v) is 7.09. The highest BCUT2D eigenvalue weighted by Crippen LogP contribution is 2.45. The fourth-order valence-corrected chi connectivity index (χ4v) is 5.11. The van der Waals surface area contributed by atoms with Crippen LogP contribution in [0.3, 0.4) is 0 Å². The first-order chi connectivity index (χ1) is 19.6. The van der Waals surface area contributed by atoms with Crippen LogP contribution in [0.15, 0.2) is 66.9 Å². The van der Waals surface area contributed by atoms with E-state index in [4.69, 9.17) is 9.47 Å². The number of aromatic nitrogens is 1. The van der Waals surface area contributed by atoms with Gasteiger partial charge in [0.05, 0.1) is 20.1 Å². The number of amides is 3. The third-order valence-electron chi connectivity index (χ3n) is 7.09. The number of methoxy groups -OCH3 is 2. The average molecular weight is 560 g/mol. The van der Waals surface area contributed by atoms with Gasteiger partial charge in [-0.15, -0.1) is 0 Å². The van der Waals surface area contributed by atoms with E-state index in [2.05, 4.69) is 43.3 Å². The van der Waals surface area contributed by atoms with Crippen molar-refractivity contribution in [2.45, 2.75) is 59.3 Å². The number of benzene rings is 2. The number of hydrogen-bond donors (Lipinski definition) is 2. The first-order valence-electron chi connectivity index (χ1n) is 14.0. The van der Waals surface area contributed by atoms with Gasteiger partial charge in [-0.3, -0.25) is 24.7 Å². The lowest BCUT2D eigenvalue weighted by molar-refractivity contribution is -0.124. The van der Waals surface area contributed by atoms with Gasteiger partial charge in [0, 0.05) is 23.5 Å². The molecule has 41 heavy (non-hydrogen) atoms. The van der Waals surface area contributed by atoms with Crippen LogP contribution in [0, 0.1) is 11.3 Å². The molecule has 0 spiro atoms. The van der Waals surface area contributed by atoms with Gasteiger partial charge in [0.25, 0.3) is 11.8 Å². The molecule has 0 fully saturated rings. The highest BCUT2D eigenvalue weighted by atomic mass is 16.5. The Bertz CT molecular complexity index is 1330. The molecule has 8 nitrogen and oxygen atoms in total. The Morgan fingerprint density at radius 1 is 0.902 bits per heavy atom. The summed E-state index contributed by atoms with van der Waals surface area (Å²) in [6.45, 7) is 8.34. The van der Waals surface area contributed by atoms with Gasteiger partial charge in [0.2, 0.25) is 5.91 Å². The second kappa shape index (κ2) is 14.4. The third kappa shape index (κ3) is 8.39. The van der Waals surface area contributed by atoms with E-state index in [1.165, 1.54) is 12.3 Å². The van der Waals surface area contributed by atoms with Crippen molar-refractivity contribution in [3.63, 3.8) is 0 Å². The molecule has 3 rings (SSSR count). The topological polar surface area (TPSA) is 107 Å². The predicted molar refractivity (Wildman–Crippen MR) is 160 cm³/mol. The molecule has 8 heteroatoms. The van der Waals surface area contributed by atoms with E-state index in [1.54, 1.807) is 50.6 Å². The lowest BCUT2D eigenvalue weighted by Gasteiger charge is -2.37. The molecule has 2 atom stereocenters. The Labute approximate surface area is 242 Å². The number of carbonyl (C=O) groups excluding carboxylic acids is 3. The number of pyridine rings is 1. The molecule has 0 aliphatic heterocycles. The highest BCUT2D eigenvalue weighted by molar-refractivity contribution is 6.10. The number of nitrogens with one attached hydrogen (secondary N) is 2. The number of unbranched alkanes of at least 4 members (excludes halogenated alkanes) is 2. The van der Waals surface area contributed by atoms with Crippen LogP contribution in [0.1, 0.15) is 85.7 Å². The van der Waals surface area contributed by atoms with Crippen molar-refractivity contribution in [2.24, 2.45) is 11.3 Å². The van der Waals surface area contributed by atoms with Crippen LogP contribution in [0.4, 0.5) is 5.69 Å². The summed E-state index contributed by atoms with van der Waals surface area (Å²) in [4.78, 5) is 43.3. The second-order valence-electron chi connectivity index (χ2n) is 11.1. The minimum absolute atomic E-state index is 0.120. The largest absolute Gasteiger partial charge is 0.497 e. The van der Waals surface area contributed by atoms with Crippen LogP contribution in [0.2, 0.25) is 0 Å². The zero-order valence-electron chi connectivity index (χ0n) is 24.8. The fraction of sp³-hybridized carbons (Fsp3) is 0.394. The summed E-state index contributed by atoms with van der Waals surface area (Å²) in [5, 5.41) is 5.40. The van der Waals surface area contributed by atoms with E-state index in [-0.39, 0.29) is 23.1 Å². The Hall–Kier alpha value is -4.20. The summed E-state index contributed by atoms with van der Waals surface area (Å²) >= 11 is 0. The van der Waals surface area contributed by atoms with Crippen LogP contribution in [0.5, 0.6) is 11.5 Å². The molecule has 1 aromatic heterocycles. The number of rotatable bonds is 12. The number of anilines is 1. The molecule has 0 saturated carbocycles. The summed E-state index contributed by atoms with van der Waals surface area (Å²) in [6.07, 6.45) is 5.39. The van der Waals surface area contributed by atoms with Gasteiger partial charge in [0.1, 0.15) is 17.2 Å². The SMILES string of the molecule is CCCCCC(c1ccc(OC)cc1OC)C(C(=O)Nc1cccc(C(=O)NC(=O)c2ccccn2)c1)C(C)(C)C. The molecule has 218 valence electrons. The van der Waals surface area contributed by atoms with E-state index in [0.29, 0.717) is 17.2 Å². The van der Waals surface area contributed by atoms with Crippen molar-refractivity contribution < 1.29 is 23.9 Å². The molecule has 2 unspecified atom stereocenters. The van der Waals surface area contributed by atoms with E-state index < -0.39 is 23.1 Å². The van der Waals surface area contributed by atoms with Crippen molar-refractivity contribution >= 4 is 23.4 Å². The van der Waals surface area contributed by atoms with E-state index in [9.17, 15) is 14.4 Å². The standard InChI is InChI=1S/C33H41N3O5/c1-7-8-9-15-26(25-18-17-24(40-5)21-28(25)41-6)29(33(2,3)4)32(39)35-23-14-12-13-22(20-23)30(37)36-31(38)27-16-10-11-19-34-27/h10-14,16-21,26,29H,7-9,15H2,1-6H3,(H,35,39)(H,36,37,38). The monoisotopic (exact) mass is 559 g/mol. The number of ether oxygens (including phenoxy) is 2. The summed E-state index contributed by atoms with van der Waals surface area (Å²) in [6, 6.07) is 17.2. The summed E-state index contributed by atoms with van der Waals surface area (Å²) in [7, 11) is 3.24. The molecule has 2 N–H and O–H groups in total. The second-order valence-corrected chi connectivity index (χ2v) is 11.1. The number of imide groups is 1. The van der Waals surface area contributed by atoms with Crippen LogP contribution in [0.25, 0.3) is 0 Å². The van der Waals surface area contributed by atoms with Crippen LogP contribution >= 0.6 is 0 Å². The van der Waals surface area contributed by atoms with Crippen molar-refractivity contribution in [2.75, 3.05) is 19.5 Å². The molecule has 3 amide bonds. The molecule has 0 radical (unpaired) electrons. The lowest BCUT2D eigenvalue weighted by Crippen LogP contribution is -2.38. The van der Waals surface area contributed by atoms with Crippen molar-refractivity contribution in [3.05, 3.63) is 83.7 Å². The maximum absolute atomic E-state index is 14.0. The Kier molecular flexibility index (Phi) is 11.0. The first-order valence-corrected chi connectivity index (χ1v) is 14.0. The Morgan fingerprint density at radius 3 is 2.32 bits per heavy atom. The van der Waals surface area contributed by atoms with Crippen molar-refractivity contribution in [1.82, 2.24) is 10.3 Å². The quantitative estimate of drug-likeness (QED) is 0.190. The van der Waals surface area contributed by atoms with Gasteiger partial charge >= 0.3 is 0 Å². The normalized spacial score (nSPS) is 12.6. The predicted octanol–water partition coefficient (Wildman–Crippen LogP) is 6.63. The van der Waals surface area contributed by atoms with E-state index >= 15 is 0 Å². The molecule has 3 aromatic rings. The number of carbonyl (C=O) groups is 3. The van der Waals surface area contributed by atoms with Gasteiger partial charge < -0.3 is 14.8 Å². The smallest absolute Gasteiger partial charge is 0.276 e. The van der Waals surface area contributed by atoms with Gasteiger partial charge in [-0.2, -0.15) is 0 Å². The minimum atomic E-state index is -0.596. The molecular formula is C33H41N3O5. The van der Waals surface area contributed by atoms with Crippen LogP contribution in [-0.2, 0) is 4.79 Å². The zero-order valence-corrected chi connectivity index (χ0v) is 24.8. The molecule has 0 bridgehead atoms. The first kappa shape index (κ1) is 31.3. The number of hydrogen-bond acceptors (Lipinski definition) is 6. The molecule has 0 aliphatic carbocycles. The van der Waals surface area contributed by atoms with E-state index in [1.807, 2.05) is 18.2 Å². The Morgan fingerprint density at radius 2 is 1.68 bits per heavy atom. The molecule has 2 aromatic carbocycles. The highest BCUT2D eigenvalue weighted by Gasteiger charge is 2.39. The molecule has 1 heterocycles. The van der Waals surface area contributed by atoms with Gasteiger partial charge in [-0.25, -0.2) is 0 Å². The summed E-state index contributed by atoms with van der Waals surface area (Å²) < 4.78 is 11.2. The Balaban J connectivity index is 1.89. The maximum atomic E-state index is 14.0. The van der Waals surface area contributed by atoms with Crippen LogP contribution in [-0.4, -0.2) is 36.9 Å². The summed E-state index contributed by atoms with van der Waals surface area (Å²) in [5.74, 6) is -0.491. The molecular weight excluding hydrogens is 518 g/mol. The fourth-order valence-electron chi connectivity index (χ4n) is 5.11. The average Bonchev–Trinajstić information content (AvgIpc) is 2.96. The summed E-state index contributed by atoms with van der Waals surface area (Å²) in [5.41, 5.74) is 1.42. The van der Waals surface area contributed by atoms with Gasteiger partial charge in [0.15, 0.2) is 0 Å². The van der Waals surface area contributed by atoms with Crippen molar-refractivity contribution in [3.8, 4) is 11.5 Å². The molecule has 0 saturated heterocycles. The van der Waals surface area contributed by atoms with Crippen molar-refractivity contribution in [1.29, 1.82) is 0 Å². The zero-order chi connectivity index (χ0) is 30.0. The van der Waals surface area contributed by atoms with E-state index in [0.717, 1.165) is 31.2 Å². The van der Waals surface area contributed by atoms with Gasteiger partial charge in [-0.05, 0) is 59.7 Å². The van der Waals surface area contributed by atoms with Crippen LogP contribution < -0.4 is 20.1 Å². The minimum Gasteiger partial charge on any atom is -0.497 e. The lowest BCUT2D eigenvalue weighted by atomic mass is 9.68. The molecule has 0 aliphatic rings.